The van der Waals surface area contributed by atoms with Gasteiger partial charge in [-0.2, -0.15) is 0 Å². The highest BCUT2D eigenvalue weighted by atomic mass is 16.3. The van der Waals surface area contributed by atoms with Gasteiger partial charge in [-0.1, -0.05) is 0 Å². The molecule has 3 aromatic heterocycles. The molecule has 5 rings (SSSR count). The van der Waals surface area contributed by atoms with E-state index in [4.69, 9.17) is 0 Å². The molecule has 0 fully saturated rings. The van der Waals surface area contributed by atoms with Crippen LogP contribution in [0.15, 0.2) is 42.5 Å². The van der Waals surface area contributed by atoms with Crippen molar-refractivity contribution in [3.8, 4) is 5.75 Å². The summed E-state index contributed by atoms with van der Waals surface area (Å²) in [6.07, 6.45) is 3.29. The lowest BCUT2D eigenvalue weighted by Crippen LogP contribution is -2.06. The Kier molecular flexibility index (Phi) is 3.11. The van der Waals surface area contributed by atoms with Gasteiger partial charge < -0.3 is 15.1 Å². The number of H-pyrrole nitrogens is 2. The number of aromatic hydroxyl groups is 1. The smallest absolute Gasteiger partial charge is 0.257 e. The predicted molar refractivity (Wildman–Crippen MR) is 100 cm³/mol. The summed E-state index contributed by atoms with van der Waals surface area (Å²) in [4.78, 5) is 39.2. The standard InChI is InChI=1S/C20H12N4O3/c25-18-15-6-5-13(23-15)8-12-2-1-10(21-12)7-11-3-4-14(22-11)9-16-19(26)20(27)17(18)24-16/h1-9,21-22,25H. The van der Waals surface area contributed by atoms with Crippen LogP contribution in [-0.2, 0) is 0 Å². The number of aromatic nitrogens is 4. The van der Waals surface area contributed by atoms with Gasteiger partial charge in [0.2, 0.25) is 0 Å². The molecule has 2 aliphatic heterocycles. The molecule has 5 heterocycles. The van der Waals surface area contributed by atoms with Gasteiger partial charge in [0.15, 0.2) is 11.4 Å². The maximum atomic E-state index is 12.2. The highest BCUT2D eigenvalue weighted by Gasteiger charge is 2.31. The number of hydrogen-bond donors (Lipinski definition) is 3. The second-order valence-corrected chi connectivity index (χ2v) is 6.28. The van der Waals surface area contributed by atoms with Crippen LogP contribution < -0.4 is 0 Å². The van der Waals surface area contributed by atoms with Gasteiger partial charge in [-0.15, -0.1) is 0 Å². The minimum absolute atomic E-state index is 0.0254. The average Bonchev–Trinajstić information content (AvgIpc) is 3.42. The molecule has 0 spiro atoms. The minimum Gasteiger partial charge on any atom is -0.504 e. The zero-order valence-corrected chi connectivity index (χ0v) is 13.9. The van der Waals surface area contributed by atoms with E-state index in [9.17, 15) is 14.7 Å². The summed E-state index contributed by atoms with van der Waals surface area (Å²) in [5.74, 6) is -2.01. The van der Waals surface area contributed by atoms with Crippen LogP contribution in [0.1, 0.15) is 32.4 Å². The zero-order valence-electron chi connectivity index (χ0n) is 13.9. The molecule has 27 heavy (non-hydrogen) atoms. The number of rotatable bonds is 0. The van der Waals surface area contributed by atoms with Gasteiger partial charge in [-0.25, -0.2) is 9.97 Å². The number of Topliss-reactive ketones (excluding diaryl/α,β-unsaturated/α-hetero) is 2. The van der Waals surface area contributed by atoms with Crippen molar-refractivity contribution < 1.29 is 14.7 Å². The SMILES string of the molecule is O=C1C(=O)c2nc1cc1ccc(cc3ccc(cc4nc(c2O)C=C4)[nH]3)[nH]1. The lowest BCUT2D eigenvalue weighted by atomic mass is 10.2. The molecule has 0 radical (unpaired) electrons. The van der Waals surface area contributed by atoms with Crippen molar-refractivity contribution in [1.82, 2.24) is 19.9 Å². The zero-order chi connectivity index (χ0) is 18.5. The Balaban J connectivity index is 1.91. The van der Waals surface area contributed by atoms with Crippen molar-refractivity contribution in [2.45, 2.75) is 0 Å². The Hall–Kier alpha value is -4.00. The second kappa shape index (κ2) is 5.50. The first-order chi connectivity index (χ1) is 13.1. The molecule has 0 aromatic carbocycles. The maximum absolute atomic E-state index is 12.2. The third-order valence-corrected chi connectivity index (χ3v) is 4.38. The first-order valence-electron chi connectivity index (χ1n) is 8.24. The molecular weight excluding hydrogens is 344 g/mol. The van der Waals surface area contributed by atoms with Gasteiger partial charge in [-0.05, 0) is 54.6 Å². The molecular formula is C20H12N4O3. The molecule has 2 aliphatic rings. The monoisotopic (exact) mass is 356 g/mol. The Morgan fingerprint density at radius 1 is 0.741 bits per heavy atom. The molecule has 0 atom stereocenters. The van der Waals surface area contributed by atoms with Crippen LogP contribution in [0.4, 0.5) is 0 Å². The average molecular weight is 356 g/mol. The summed E-state index contributed by atoms with van der Waals surface area (Å²) < 4.78 is 0. The van der Waals surface area contributed by atoms with Gasteiger partial charge >= 0.3 is 0 Å². The van der Waals surface area contributed by atoms with E-state index in [1.807, 2.05) is 30.3 Å². The fourth-order valence-electron chi connectivity index (χ4n) is 3.09. The van der Waals surface area contributed by atoms with Gasteiger partial charge in [0.25, 0.3) is 11.6 Å². The van der Waals surface area contributed by atoms with E-state index < -0.39 is 17.3 Å². The Morgan fingerprint density at radius 2 is 1.37 bits per heavy atom. The summed E-state index contributed by atoms with van der Waals surface area (Å²) in [5, 5.41) is 10.4. The van der Waals surface area contributed by atoms with Crippen LogP contribution in [-0.4, -0.2) is 36.6 Å². The fourth-order valence-corrected chi connectivity index (χ4v) is 3.09. The number of carbonyl (C=O) groups is 2. The van der Waals surface area contributed by atoms with Crippen molar-refractivity contribution >= 4 is 45.8 Å². The van der Waals surface area contributed by atoms with Crippen LogP contribution in [0.25, 0.3) is 34.2 Å². The van der Waals surface area contributed by atoms with E-state index in [0.717, 1.165) is 16.6 Å². The molecule has 7 heteroatoms. The molecule has 8 bridgehead atoms. The van der Waals surface area contributed by atoms with E-state index >= 15 is 0 Å². The molecule has 130 valence electrons. The molecule has 0 unspecified atom stereocenters. The number of aromatic amines is 2. The van der Waals surface area contributed by atoms with E-state index in [1.165, 1.54) is 6.07 Å². The quantitative estimate of drug-likeness (QED) is 0.419. The third kappa shape index (κ3) is 2.53. The summed E-state index contributed by atoms with van der Waals surface area (Å²) in [5.41, 5.74) is 3.67. The lowest BCUT2D eigenvalue weighted by molar-refractivity contribution is 0.0824. The Morgan fingerprint density at radius 3 is 2.07 bits per heavy atom. The third-order valence-electron chi connectivity index (χ3n) is 4.38. The number of hydrogen-bond acceptors (Lipinski definition) is 5. The first kappa shape index (κ1) is 15.3. The van der Waals surface area contributed by atoms with Crippen molar-refractivity contribution in [1.29, 1.82) is 0 Å². The molecule has 7 nitrogen and oxygen atoms in total. The molecule has 0 aliphatic carbocycles. The van der Waals surface area contributed by atoms with Crippen LogP contribution in [0.2, 0.25) is 0 Å². The Labute approximate surface area is 152 Å². The number of carbonyl (C=O) groups excluding carboxylic acids is 2. The molecule has 3 aromatic rings. The Bertz CT molecular complexity index is 1330. The van der Waals surface area contributed by atoms with Crippen LogP contribution >= 0.6 is 0 Å². The summed E-state index contributed by atoms with van der Waals surface area (Å²) >= 11 is 0. The number of nitrogens with one attached hydrogen (secondary N) is 2. The van der Waals surface area contributed by atoms with Gasteiger partial charge in [0.1, 0.15) is 11.4 Å². The van der Waals surface area contributed by atoms with Gasteiger partial charge in [-0.3, -0.25) is 9.59 Å². The van der Waals surface area contributed by atoms with Gasteiger partial charge in [0, 0.05) is 22.1 Å². The van der Waals surface area contributed by atoms with E-state index in [1.54, 1.807) is 18.2 Å². The topological polar surface area (TPSA) is 112 Å². The van der Waals surface area contributed by atoms with Crippen molar-refractivity contribution in [3.63, 3.8) is 0 Å². The van der Waals surface area contributed by atoms with Gasteiger partial charge in [0.05, 0.1) is 5.69 Å². The van der Waals surface area contributed by atoms with E-state index in [2.05, 4.69) is 19.9 Å². The van der Waals surface area contributed by atoms with E-state index in [-0.39, 0.29) is 17.1 Å². The molecule has 0 amide bonds. The molecule has 0 saturated carbocycles. The van der Waals surface area contributed by atoms with Crippen LogP contribution in [0.3, 0.4) is 0 Å². The van der Waals surface area contributed by atoms with Crippen LogP contribution in [0, 0.1) is 0 Å². The van der Waals surface area contributed by atoms with E-state index in [0.29, 0.717) is 11.2 Å². The first-order valence-corrected chi connectivity index (χ1v) is 8.24. The highest BCUT2D eigenvalue weighted by Crippen LogP contribution is 2.26. The summed E-state index contributed by atoms with van der Waals surface area (Å²) in [6.45, 7) is 0. The van der Waals surface area contributed by atoms with Crippen molar-refractivity contribution in [2.24, 2.45) is 0 Å². The molecule has 3 N–H and O–H groups in total. The fraction of sp³-hybridized carbons (Fsp3) is 0. The minimum atomic E-state index is -0.844. The normalized spacial score (nSPS) is 13.3. The van der Waals surface area contributed by atoms with Crippen molar-refractivity contribution in [2.75, 3.05) is 0 Å². The molecule has 0 saturated heterocycles. The number of fused-ring (bicyclic) bond motifs is 8. The largest absolute Gasteiger partial charge is 0.504 e. The maximum Gasteiger partial charge on any atom is 0.257 e. The predicted octanol–water partition coefficient (Wildman–Crippen LogP) is 3.26. The summed E-state index contributed by atoms with van der Waals surface area (Å²) in [7, 11) is 0. The number of nitrogens with zero attached hydrogens (tertiary/aromatic N) is 2. The lowest BCUT2D eigenvalue weighted by Gasteiger charge is -1.93. The second-order valence-electron chi connectivity index (χ2n) is 6.28. The highest BCUT2D eigenvalue weighted by molar-refractivity contribution is 6.50. The number of ketones is 2. The summed E-state index contributed by atoms with van der Waals surface area (Å²) in [6, 6.07) is 12.7. The van der Waals surface area contributed by atoms with Crippen LogP contribution in [0.5, 0.6) is 5.75 Å². The van der Waals surface area contributed by atoms with Crippen molar-refractivity contribution in [3.05, 3.63) is 65.2 Å².